The molecule has 0 aromatic heterocycles. The minimum atomic E-state index is -4.34. The van der Waals surface area contributed by atoms with Gasteiger partial charge in [-0.1, -0.05) is 6.92 Å². The first-order chi connectivity index (χ1) is 7.44. The van der Waals surface area contributed by atoms with Crippen molar-refractivity contribution in [3.8, 4) is 0 Å². The summed E-state index contributed by atoms with van der Waals surface area (Å²) in [4.78, 5) is 12.5. The highest BCUT2D eigenvalue weighted by atomic mass is 19.4. The second-order valence-corrected chi connectivity index (χ2v) is 3.90. The summed E-state index contributed by atoms with van der Waals surface area (Å²) in [5.41, 5.74) is 0. The van der Waals surface area contributed by atoms with E-state index in [2.05, 4.69) is 0 Å². The summed E-state index contributed by atoms with van der Waals surface area (Å²) in [6.45, 7) is 1.25. The third kappa shape index (κ3) is 4.00. The number of nitrogens with zero attached hydrogens (tertiary/aromatic N) is 1. The number of rotatable bonds is 4. The summed E-state index contributed by atoms with van der Waals surface area (Å²) in [5, 5.41) is 0. The Morgan fingerprint density at radius 3 is 2.62 bits per heavy atom. The average Bonchev–Trinajstić information content (AvgIpc) is 2.65. The maximum Gasteiger partial charge on any atom is 0.406 e. The van der Waals surface area contributed by atoms with Crippen LogP contribution >= 0.6 is 0 Å². The number of alkyl halides is 3. The van der Waals surface area contributed by atoms with Crippen LogP contribution in [0.25, 0.3) is 0 Å². The summed E-state index contributed by atoms with van der Waals surface area (Å²) >= 11 is 0. The van der Waals surface area contributed by atoms with Gasteiger partial charge in [0.05, 0.1) is 12.6 Å². The van der Waals surface area contributed by atoms with E-state index in [1.165, 1.54) is 0 Å². The van der Waals surface area contributed by atoms with Crippen molar-refractivity contribution in [3.63, 3.8) is 0 Å². The van der Waals surface area contributed by atoms with Gasteiger partial charge in [-0.05, 0) is 12.8 Å². The SMILES string of the molecule is CCCC(=O)N(CC(F)(F)F)C1CCOC1. The molecule has 1 atom stereocenters. The van der Waals surface area contributed by atoms with Crippen molar-refractivity contribution in [2.75, 3.05) is 19.8 Å². The fraction of sp³-hybridized carbons (Fsp3) is 0.900. The van der Waals surface area contributed by atoms with E-state index >= 15 is 0 Å². The van der Waals surface area contributed by atoms with Crippen LogP contribution in [0.1, 0.15) is 26.2 Å². The summed E-state index contributed by atoms with van der Waals surface area (Å²) in [6.07, 6.45) is -3.13. The Kier molecular flexibility index (Phi) is 4.58. The predicted octanol–water partition coefficient (Wildman–Crippen LogP) is 1.97. The normalized spacial score (nSPS) is 21.1. The number of carbonyl (C=O) groups is 1. The van der Waals surface area contributed by atoms with Gasteiger partial charge in [0.15, 0.2) is 0 Å². The number of hydrogen-bond acceptors (Lipinski definition) is 2. The summed E-state index contributed by atoms with van der Waals surface area (Å²) in [6, 6.07) is -0.416. The van der Waals surface area contributed by atoms with Gasteiger partial charge >= 0.3 is 6.18 Å². The zero-order valence-corrected chi connectivity index (χ0v) is 9.22. The van der Waals surface area contributed by atoms with E-state index in [-0.39, 0.29) is 13.0 Å². The average molecular weight is 239 g/mol. The van der Waals surface area contributed by atoms with Crippen molar-refractivity contribution in [2.45, 2.75) is 38.4 Å². The Balaban J connectivity index is 2.64. The number of halogens is 3. The van der Waals surface area contributed by atoms with Crippen LogP contribution in [0.3, 0.4) is 0 Å². The fourth-order valence-electron chi connectivity index (χ4n) is 1.74. The number of carbonyl (C=O) groups excluding carboxylic acids is 1. The highest BCUT2D eigenvalue weighted by molar-refractivity contribution is 5.76. The van der Waals surface area contributed by atoms with Crippen LogP contribution in [0.5, 0.6) is 0 Å². The van der Waals surface area contributed by atoms with Crippen molar-refractivity contribution in [3.05, 3.63) is 0 Å². The van der Waals surface area contributed by atoms with Crippen molar-refractivity contribution in [2.24, 2.45) is 0 Å². The summed E-state index contributed by atoms with van der Waals surface area (Å²) < 4.78 is 42.0. The van der Waals surface area contributed by atoms with E-state index in [0.29, 0.717) is 19.4 Å². The van der Waals surface area contributed by atoms with Crippen molar-refractivity contribution < 1.29 is 22.7 Å². The Labute approximate surface area is 92.5 Å². The molecule has 1 saturated heterocycles. The van der Waals surface area contributed by atoms with Gasteiger partial charge in [-0.25, -0.2) is 0 Å². The fourth-order valence-corrected chi connectivity index (χ4v) is 1.74. The van der Waals surface area contributed by atoms with Crippen LogP contribution in [0.4, 0.5) is 13.2 Å². The van der Waals surface area contributed by atoms with E-state index in [9.17, 15) is 18.0 Å². The standard InChI is InChI=1S/C10H16F3NO2/c1-2-3-9(15)14(7-10(11,12)13)8-4-5-16-6-8/h8H,2-7H2,1H3. The number of ether oxygens (including phenoxy) is 1. The minimum absolute atomic E-state index is 0.159. The lowest BCUT2D eigenvalue weighted by Gasteiger charge is -2.28. The zero-order valence-electron chi connectivity index (χ0n) is 9.22. The van der Waals surface area contributed by atoms with Gasteiger partial charge in [0, 0.05) is 13.0 Å². The van der Waals surface area contributed by atoms with E-state index in [4.69, 9.17) is 4.74 Å². The van der Waals surface area contributed by atoms with Crippen LogP contribution in [0, 0.1) is 0 Å². The van der Waals surface area contributed by atoms with Gasteiger partial charge < -0.3 is 9.64 Å². The molecular formula is C10H16F3NO2. The second kappa shape index (κ2) is 5.52. The van der Waals surface area contributed by atoms with Crippen molar-refractivity contribution >= 4 is 5.91 Å². The maximum absolute atomic E-state index is 12.3. The Hall–Kier alpha value is -0.780. The minimum Gasteiger partial charge on any atom is -0.379 e. The third-order valence-corrected chi connectivity index (χ3v) is 2.48. The van der Waals surface area contributed by atoms with Crippen LogP contribution in [-0.2, 0) is 9.53 Å². The van der Waals surface area contributed by atoms with Crippen LogP contribution in [0.15, 0.2) is 0 Å². The predicted molar refractivity (Wildman–Crippen MR) is 51.9 cm³/mol. The van der Waals surface area contributed by atoms with Crippen LogP contribution < -0.4 is 0 Å². The Morgan fingerprint density at radius 1 is 1.50 bits per heavy atom. The quantitative estimate of drug-likeness (QED) is 0.750. The number of hydrogen-bond donors (Lipinski definition) is 0. The van der Waals surface area contributed by atoms with Crippen molar-refractivity contribution in [1.29, 1.82) is 0 Å². The zero-order chi connectivity index (χ0) is 12.2. The lowest BCUT2D eigenvalue weighted by molar-refractivity contribution is -0.165. The van der Waals surface area contributed by atoms with Gasteiger partial charge in [0.2, 0.25) is 5.91 Å². The van der Waals surface area contributed by atoms with E-state index < -0.39 is 24.7 Å². The highest BCUT2D eigenvalue weighted by Crippen LogP contribution is 2.22. The van der Waals surface area contributed by atoms with Gasteiger partial charge in [-0.3, -0.25) is 4.79 Å². The molecule has 1 heterocycles. The first-order valence-corrected chi connectivity index (χ1v) is 5.38. The topological polar surface area (TPSA) is 29.5 Å². The van der Waals surface area contributed by atoms with Crippen LogP contribution in [-0.4, -0.2) is 42.8 Å². The number of amides is 1. The molecule has 94 valence electrons. The third-order valence-electron chi connectivity index (χ3n) is 2.48. The molecular weight excluding hydrogens is 223 g/mol. The van der Waals surface area contributed by atoms with E-state index in [0.717, 1.165) is 4.90 Å². The molecule has 16 heavy (non-hydrogen) atoms. The van der Waals surface area contributed by atoms with E-state index in [1.807, 2.05) is 0 Å². The first kappa shape index (κ1) is 13.3. The Morgan fingerprint density at radius 2 is 2.19 bits per heavy atom. The lowest BCUT2D eigenvalue weighted by Crippen LogP contribution is -2.45. The molecule has 1 aliphatic rings. The molecule has 0 bridgehead atoms. The van der Waals surface area contributed by atoms with Gasteiger partial charge in [-0.2, -0.15) is 13.2 Å². The van der Waals surface area contributed by atoms with E-state index in [1.54, 1.807) is 6.92 Å². The Bertz CT molecular complexity index is 237. The monoisotopic (exact) mass is 239 g/mol. The molecule has 1 fully saturated rings. The smallest absolute Gasteiger partial charge is 0.379 e. The van der Waals surface area contributed by atoms with Gasteiger partial charge in [0.1, 0.15) is 6.54 Å². The van der Waals surface area contributed by atoms with Gasteiger partial charge in [0.25, 0.3) is 0 Å². The molecule has 0 saturated carbocycles. The first-order valence-electron chi connectivity index (χ1n) is 5.38. The largest absolute Gasteiger partial charge is 0.406 e. The highest BCUT2D eigenvalue weighted by Gasteiger charge is 2.37. The maximum atomic E-state index is 12.3. The molecule has 1 rings (SSSR count). The summed E-state index contributed by atoms with van der Waals surface area (Å²) in [5.74, 6) is -0.435. The molecule has 1 amide bonds. The molecule has 0 spiro atoms. The molecule has 6 heteroatoms. The molecule has 0 N–H and O–H groups in total. The molecule has 3 nitrogen and oxygen atoms in total. The molecule has 1 unspecified atom stereocenters. The molecule has 0 radical (unpaired) electrons. The van der Waals surface area contributed by atoms with Crippen molar-refractivity contribution in [1.82, 2.24) is 4.90 Å². The summed E-state index contributed by atoms with van der Waals surface area (Å²) in [7, 11) is 0. The van der Waals surface area contributed by atoms with Crippen LogP contribution in [0.2, 0.25) is 0 Å². The molecule has 0 aromatic carbocycles. The molecule has 0 aromatic rings. The second-order valence-electron chi connectivity index (χ2n) is 3.90. The molecule has 1 aliphatic heterocycles. The lowest BCUT2D eigenvalue weighted by atomic mass is 10.2. The van der Waals surface area contributed by atoms with Gasteiger partial charge in [-0.15, -0.1) is 0 Å². The molecule has 0 aliphatic carbocycles.